The number of hydrogen-bond donors (Lipinski definition) is 3. The van der Waals surface area contributed by atoms with Gasteiger partial charge in [0, 0.05) is 0 Å². The highest BCUT2D eigenvalue weighted by atomic mass is 15.3. The van der Waals surface area contributed by atoms with Gasteiger partial charge in [-0.3, -0.25) is 15.0 Å². The molecule has 0 radical (unpaired) electrons. The minimum absolute atomic E-state index is 0.400. The van der Waals surface area contributed by atoms with Crippen molar-refractivity contribution in [2.24, 2.45) is 0 Å². The van der Waals surface area contributed by atoms with Crippen LogP contribution in [0.15, 0.2) is 0 Å². The zero-order chi connectivity index (χ0) is 9.83. The van der Waals surface area contributed by atoms with Crippen molar-refractivity contribution in [1.82, 2.24) is 44.9 Å². The molecule has 0 aliphatic heterocycles. The van der Waals surface area contributed by atoms with Gasteiger partial charge in [0.05, 0.1) is 0 Å². The molecule has 9 heteroatoms. The van der Waals surface area contributed by atoms with Gasteiger partial charge in [-0.25, -0.2) is 0 Å². The fraction of sp³-hybridized carbons (Fsp3) is 0. The van der Waals surface area contributed by atoms with E-state index < -0.39 is 0 Å². The summed E-state index contributed by atoms with van der Waals surface area (Å²) in [5.74, 6) is 2.40. The lowest BCUT2D eigenvalue weighted by molar-refractivity contribution is 1.01. The fourth-order valence-corrected chi connectivity index (χ4v) is 1.39. The lowest BCUT2D eigenvalue weighted by Crippen LogP contribution is -2.04. The molecule has 0 unspecified atom stereocenters. The Balaban J connectivity index is 2.55. The first-order valence-corrected chi connectivity index (χ1v) is 4.18. The van der Waals surface area contributed by atoms with E-state index in [4.69, 9.17) is 0 Å². The minimum Gasteiger partial charge on any atom is -0.292 e. The Hall–Kier alpha value is -2.58. The second kappa shape index (κ2) is 2.08. The van der Waals surface area contributed by atoms with Gasteiger partial charge in [0.15, 0.2) is 0 Å². The van der Waals surface area contributed by atoms with Crippen molar-refractivity contribution < 1.29 is 0 Å². The summed E-state index contributed by atoms with van der Waals surface area (Å²) in [5.41, 5.74) is 0. The maximum atomic E-state index is 4.08. The van der Waals surface area contributed by atoms with E-state index in [0.717, 1.165) is 0 Å². The quantitative estimate of drug-likeness (QED) is 0.352. The highest BCUT2D eigenvalue weighted by Crippen LogP contribution is 2.02. The Morgan fingerprint density at radius 3 is 0.800 bits per heavy atom. The molecule has 3 N–H and O–H groups in total. The predicted octanol–water partition coefficient (Wildman–Crippen LogP) is -0.500. The van der Waals surface area contributed by atoms with Gasteiger partial charge in [-0.05, 0) is 0 Å². The van der Waals surface area contributed by atoms with E-state index >= 15 is 0 Å². The summed E-state index contributed by atoms with van der Waals surface area (Å²) < 4.78 is 0. The molecular weight excluding hydrogens is 198 g/mol. The highest BCUT2D eigenvalue weighted by Gasteiger charge is 2.03. The Morgan fingerprint density at radius 1 is 0.400 bits per heavy atom. The molecule has 5 aromatic heterocycles. The Kier molecular flexibility index (Phi) is 0.944. The number of nitrogens with zero attached hydrogens (tertiary/aromatic N) is 6. The van der Waals surface area contributed by atoms with Crippen LogP contribution in [0, 0.1) is 0 Å². The predicted molar refractivity (Wildman–Crippen MR) is 48.8 cm³/mol. The molecule has 0 fully saturated rings. The summed E-state index contributed by atoms with van der Waals surface area (Å²) in [6, 6.07) is 0. The summed E-state index contributed by atoms with van der Waals surface area (Å²) in [5, 5.41) is 0. The van der Waals surface area contributed by atoms with Crippen molar-refractivity contribution in [1.29, 1.82) is 0 Å². The fourth-order valence-electron chi connectivity index (χ4n) is 1.39. The monoisotopic (exact) mass is 201 g/mol. The van der Waals surface area contributed by atoms with E-state index in [-0.39, 0.29) is 0 Å². The molecule has 15 heavy (non-hydrogen) atoms. The molecule has 5 aromatic rings. The van der Waals surface area contributed by atoms with Crippen molar-refractivity contribution in [2.75, 3.05) is 0 Å². The first kappa shape index (κ1) is 6.81. The van der Waals surface area contributed by atoms with E-state index in [0.29, 0.717) is 34.7 Å². The Bertz CT molecular complexity index is 574. The number of rotatable bonds is 0. The molecule has 0 saturated carbocycles. The van der Waals surface area contributed by atoms with Crippen LogP contribution in [0.1, 0.15) is 0 Å². The minimum atomic E-state index is 0.400. The van der Waals surface area contributed by atoms with Crippen LogP contribution in [-0.2, 0) is 0 Å². The van der Waals surface area contributed by atoms with Crippen LogP contribution >= 0.6 is 0 Å². The van der Waals surface area contributed by atoms with Crippen LogP contribution in [0.25, 0.3) is 34.7 Å². The van der Waals surface area contributed by atoms with E-state index in [1.165, 1.54) is 0 Å². The average Bonchev–Trinajstić information content (AvgIpc) is 2.13. The van der Waals surface area contributed by atoms with Crippen molar-refractivity contribution >= 4 is 34.7 Å². The molecule has 5 heterocycles. The Labute approximate surface area is 80.4 Å². The van der Waals surface area contributed by atoms with Crippen LogP contribution in [-0.4, -0.2) is 44.9 Å². The number of nitrogens with one attached hydrogen (secondary N) is 3. The first-order valence-electron chi connectivity index (χ1n) is 4.18. The van der Waals surface area contributed by atoms with Crippen LogP contribution in [0.5, 0.6) is 0 Å². The zero-order valence-electron chi connectivity index (χ0n) is 7.18. The van der Waals surface area contributed by atoms with Crippen molar-refractivity contribution in [3.8, 4) is 0 Å². The number of aromatic amines is 3. The molecule has 6 bridgehead atoms. The first-order chi connectivity index (χ1) is 7.35. The second-order valence-electron chi connectivity index (χ2n) is 2.99. The van der Waals surface area contributed by atoms with Crippen LogP contribution in [0.3, 0.4) is 0 Å². The van der Waals surface area contributed by atoms with Crippen LogP contribution in [0.4, 0.5) is 0 Å². The van der Waals surface area contributed by atoms with Gasteiger partial charge in [-0.2, -0.15) is 29.9 Å². The summed E-state index contributed by atoms with van der Waals surface area (Å²) in [6.07, 6.45) is 0. The maximum absolute atomic E-state index is 4.08. The number of hydrogen-bond acceptors (Lipinski definition) is 6. The molecule has 72 valence electrons. The van der Waals surface area contributed by atoms with Gasteiger partial charge in [-0.15, -0.1) is 0 Å². The van der Waals surface area contributed by atoms with E-state index in [1.54, 1.807) is 0 Å². The number of aromatic nitrogens is 9. The third kappa shape index (κ3) is 0.907. The smallest absolute Gasteiger partial charge is 0.236 e. The molecule has 0 aromatic carbocycles. The summed E-state index contributed by atoms with van der Waals surface area (Å²) in [6.45, 7) is 0. The lowest BCUT2D eigenvalue weighted by atomic mass is 10.8. The average molecular weight is 201 g/mol. The van der Waals surface area contributed by atoms with Gasteiger partial charge >= 0.3 is 0 Å². The molecule has 9 nitrogen and oxygen atoms in total. The van der Waals surface area contributed by atoms with Crippen LogP contribution in [0.2, 0.25) is 0 Å². The van der Waals surface area contributed by atoms with E-state index in [9.17, 15) is 0 Å². The molecule has 5 rings (SSSR count). The number of H-pyrrole nitrogens is 3. The van der Waals surface area contributed by atoms with Gasteiger partial charge in [0.2, 0.25) is 34.7 Å². The summed E-state index contributed by atoms with van der Waals surface area (Å²) >= 11 is 0. The molecular formula is C6H3N9. The van der Waals surface area contributed by atoms with Crippen molar-refractivity contribution in [3.63, 3.8) is 0 Å². The standard InChI is InChI=1S/C6H3N9/c7-1-8-3-9-2(7)14-5-10-4(13-1)11-6(12-5)15-3/h(H3,7,8,9,10,11,12,13,14,15). The third-order valence-corrected chi connectivity index (χ3v) is 1.94. The molecule has 0 aliphatic rings. The lowest BCUT2D eigenvalue weighted by Gasteiger charge is -2.00. The molecule has 0 aliphatic carbocycles. The summed E-state index contributed by atoms with van der Waals surface area (Å²) in [4.78, 5) is 33.1. The van der Waals surface area contributed by atoms with E-state index in [1.807, 2.05) is 0 Å². The van der Waals surface area contributed by atoms with Crippen LogP contribution < -0.4 is 0 Å². The maximum Gasteiger partial charge on any atom is 0.236 e. The molecule has 0 amide bonds. The van der Waals surface area contributed by atoms with Crippen molar-refractivity contribution in [3.05, 3.63) is 0 Å². The van der Waals surface area contributed by atoms with Gasteiger partial charge < -0.3 is 0 Å². The Morgan fingerprint density at radius 2 is 0.600 bits per heavy atom. The molecule has 0 spiro atoms. The normalized spacial score (nSPS) is 12.0. The summed E-state index contributed by atoms with van der Waals surface area (Å²) in [7, 11) is 0. The highest BCUT2D eigenvalue weighted by molar-refractivity contribution is 5.55. The second-order valence-corrected chi connectivity index (χ2v) is 2.99. The van der Waals surface area contributed by atoms with E-state index in [2.05, 4.69) is 44.9 Å². The molecule has 0 atom stereocenters. The largest absolute Gasteiger partial charge is 0.292 e. The topological polar surface area (TPSA) is 125 Å². The van der Waals surface area contributed by atoms with Gasteiger partial charge in [0.1, 0.15) is 0 Å². The van der Waals surface area contributed by atoms with Gasteiger partial charge in [-0.1, -0.05) is 0 Å². The van der Waals surface area contributed by atoms with Gasteiger partial charge in [0.25, 0.3) is 0 Å². The van der Waals surface area contributed by atoms with Crippen molar-refractivity contribution in [2.45, 2.75) is 0 Å². The molecule has 0 saturated heterocycles. The third-order valence-electron chi connectivity index (χ3n) is 1.94. The SMILES string of the molecule is n1c2nc3nc1[nH]c1nc(nc(n1)[nH]3)[nH]2. The zero-order valence-corrected chi connectivity index (χ0v) is 7.18.